The summed E-state index contributed by atoms with van der Waals surface area (Å²) in [5, 5.41) is 27.6. The summed E-state index contributed by atoms with van der Waals surface area (Å²) in [6, 6.07) is 5.69. The second-order valence-corrected chi connectivity index (χ2v) is 5.95. The largest absolute Gasteiger partial charge is 0.411 e. The van der Waals surface area contributed by atoms with Gasteiger partial charge in [-0.3, -0.25) is 0 Å². The maximum atomic E-state index is 13.9. The molecule has 154 valence electrons. The van der Waals surface area contributed by atoms with Crippen LogP contribution in [0, 0.1) is 0 Å². The van der Waals surface area contributed by atoms with Crippen molar-refractivity contribution in [3.8, 4) is 0 Å². The van der Waals surface area contributed by atoms with Crippen LogP contribution in [0.1, 0.15) is 34.8 Å². The van der Waals surface area contributed by atoms with Gasteiger partial charge in [-0.1, -0.05) is 48.5 Å². The molecular formula is C18H16F6O4. The van der Waals surface area contributed by atoms with Gasteiger partial charge in [-0.2, -0.15) is 26.3 Å². The lowest BCUT2D eigenvalue weighted by Gasteiger charge is -2.38. The molecule has 2 aromatic carbocycles. The summed E-state index contributed by atoms with van der Waals surface area (Å²) in [6.07, 6.45) is -15.1. The fourth-order valence-electron chi connectivity index (χ4n) is 2.92. The predicted octanol–water partition coefficient (Wildman–Crippen LogP) is 3.72. The van der Waals surface area contributed by atoms with Crippen LogP contribution in [0.3, 0.4) is 0 Å². The molecule has 1 unspecified atom stereocenters. The third kappa shape index (κ3) is 3.72. The van der Waals surface area contributed by atoms with E-state index in [2.05, 4.69) is 4.74 Å². The van der Waals surface area contributed by atoms with Gasteiger partial charge in [0.15, 0.2) is 12.6 Å². The van der Waals surface area contributed by atoms with Gasteiger partial charge in [0, 0.05) is 18.2 Å². The van der Waals surface area contributed by atoms with E-state index in [-0.39, 0.29) is 11.1 Å². The zero-order valence-corrected chi connectivity index (χ0v) is 14.3. The topological polar surface area (TPSA) is 69.9 Å². The van der Waals surface area contributed by atoms with Crippen molar-refractivity contribution in [3.05, 3.63) is 70.8 Å². The third-order valence-corrected chi connectivity index (χ3v) is 4.34. The summed E-state index contributed by atoms with van der Waals surface area (Å²) < 4.78 is 88.2. The Bertz CT molecular complexity index is 768. The second kappa shape index (κ2) is 7.70. The van der Waals surface area contributed by atoms with Gasteiger partial charge in [0.25, 0.3) is 0 Å². The summed E-state index contributed by atoms with van der Waals surface area (Å²) in [6.45, 7) is 0. The molecule has 0 aliphatic carbocycles. The van der Waals surface area contributed by atoms with Gasteiger partial charge in [0.05, 0.1) is 0 Å². The van der Waals surface area contributed by atoms with Crippen LogP contribution >= 0.6 is 0 Å². The lowest BCUT2D eigenvalue weighted by atomic mass is 9.72. The molecule has 10 heteroatoms. The molecule has 0 amide bonds. The maximum absolute atomic E-state index is 13.9. The number of halogens is 6. The van der Waals surface area contributed by atoms with Crippen molar-refractivity contribution in [2.75, 3.05) is 7.11 Å². The first-order valence-corrected chi connectivity index (χ1v) is 7.77. The number of benzene rings is 2. The monoisotopic (exact) mass is 410 g/mol. The Labute approximate surface area is 155 Å². The van der Waals surface area contributed by atoms with Crippen LogP contribution in [-0.4, -0.2) is 34.8 Å². The van der Waals surface area contributed by atoms with Crippen molar-refractivity contribution in [3.63, 3.8) is 0 Å². The zero-order chi connectivity index (χ0) is 21.3. The van der Waals surface area contributed by atoms with Crippen LogP contribution < -0.4 is 0 Å². The Kier molecular flexibility index (Phi) is 6.10. The van der Waals surface area contributed by atoms with Crippen molar-refractivity contribution in [2.45, 2.75) is 30.3 Å². The minimum atomic E-state index is -5.77. The van der Waals surface area contributed by atoms with Gasteiger partial charge in [0.2, 0.25) is 5.41 Å². The Morgan fingerprint density at radius 1 is 0.679 bits per heavy atom. The molecule has 3 N–H and O–H groups in total. The van der Waals surface area contributed by atoms with Crippen molar-refractivity contribution >= 4 is 0 Å². The van der Waals surface area contributed by atoms with Crippen molar-refractivity contribution in [1.29, 1.82) is 0 Å². The van der Waals surface area contributed by atoms with E-state index in [1.54, 1.807) is 0 Å². The lowest BCUT2D eigenvalue weighted by molar-refractivity contribution is -0.288. The SMILES string of the molecule is COC(O)c1ccc(C(c2ccc(C(O)O)cc2)(C(F)(F)F)C(F)(F)F)cc1. The van der Waals surface area contributed by atoms with Crippen molar-refractivity contribution < 1.29 is 46.4 Å². The molecule has 0 saturated carbocycles. The molecule has 0 aliphatic rings. The number of hydrogen-bond donors (Lipinski definition) is 3. The van der Waals surface area contributed by atoms with E-state index < -0.39 is 41.5 Å². The Morgan fingerprint density at radius 3 is 1.32 bits per heavy atom. The standard InChI is InChI=1S/C18H16F6O4/c1-28-15(27)11-4-8-13(9-5-11)16(17(19,20)21,18(22,23)24)12-6-2-10(3-7-12)14(25)26/h2-9,14-15,25-27H,1H3. The van der Waals surface area contributed by atoms with Crippen molar-refractivity contribution in [1.82, 2.24) is 0 Å². The summed E-state index contributed by atoms with van der Waals surface area (Å²) in [7, 11) is 1.12. The quantitative estimate of drug-likeness (QED) is 0.519. The van der Waals surface area contributed by atoms with E-state index in [4.69, 9.17) is 10.2 Å². The highest BCUT2D eigenvalue weighted by Crippen LogP contribution is 2.56. The Balaban J connectivity index is 2.75. The molecule has 4 nitrogen and oxygen atoms in total. The van der Waals surface area contributed by atoms with Crippen LogP contribution in [0.15, 0.2) is 48.5 Å². The number of hydrogen-bond acceptors (Lipinski definition) is 4. The third-order valence-electron chi connectivity index (χ3n) is 4.34. The molecule has 0 spiro atoms. The summed E-state index contributed by atoms with van der Waals surface area (Å²) in [5.41, 5.74) is -6.91. The first kappa shape index (κ1) is 22.2. The number of alkyl halides is 6. The fourth-order valence-corrected chi connectivity index (χ4v) is 2.92. The molecule has 0 bridgehead atoms. The van der Waals surface area contributed by atoms with Crippen LogP contribution in [0.2, 0.25) is 0 Å². The fraction of sp³-hybridized carbons (Fsp3) is 0.333. The number of rotatable bonds is 5. The second-order valence-electron chi connectivity index (χ2n) is 5.95. The molecule has 0 aromatic heterocycles. The van der Waals surface area contributed by atoms with Gasteiger partial charge in [-0.25, -0.2) is 0 Å². The van der Waals surface area contributed by atoms with Gasteiger partial charge in [-0.15, -0.1) is 0 Å². The highest BCUT2D eigenvalue weighted by Gasteiger charge is 2.72. The molecule has 2 aromatic rings. The van der Waals surface area contributed by atoms with E-state index in [0.717, 1.165) is 31.4 Å². The zero-order valence-electron chi connectivity index (χ0n) is 14.3. The van der Waals surface area contributed by atoms with Crippen LogP contribution in [0.4, 0.5) is 26.3 Å². The smallest absolute Gasteiger partial charge is 0.364 e. The molecule has 28 heavy (non-hydrogen) atoms. The molecule has 1 atom stereocenters. The summed E-state index contributed by atoms with van der Waals surface area (Å²) >= 11 is 0. The summed E-state index contributed by atoms with van der Waals surface area (Å²) in [5.74, 6) is 0. The van der Waals surface area contributed by atoms with Crippen LogP contribution in [-0.2, 0) is 10.2 Å². The highest BCUT2D eigenvalue weighted by atomic mass is 19.4. The van der Waals surface area contributed by atoms with Gasteiger partial charge < -0.3 is 20.1 Å². The number of ether oxygens (including phenoxy) is 1. The number of aliphatic hydroxyl groups excluding tert-OH is 2. The van der Waals surface area contributed by atoms with E-state index in [1.165, 1.54) is 0 Å². The minimum Gasteiger partial charge on any atom is -0.364 e. The average molecular weight is 410 g/mol. The first-order chi connectivity index (χ1) is 12.9. The van der Waals surface area contributed by atoms with Crippen LogP contribution in [0.25, 0.3) is 0 Å². The average Bonchev–Trinajstić information content (AvgIpc) is 2.60. The minimum absolute atomic E-state index is 0.0248. The van der Waals surface area contributed by atoms with Gasteiger partial charge >= 0.3 is 12.4 Å². The maximum Gasteiger partial charge on any atom is 0.411 e. The molecule has 0 heterocycles. The molecular weight excluding hydrogens is 394 g/mol. The molecule has 2 rings (SSSR count). The molecule has 0 radical (unpaired) electrons. The Morgan fingerprint density at radius 2 is 1.04 bits per heavy atom. The lowest BCUT2D eigenvalue weighted by Crippen LogP contribution is -2.54. The predicted molar refractivity (Wildman–Crippen MR) is 84.9 cm³/mol. The van der Waals surface area contributed by atoms with E-state index in [0.29, 0.717) is 24.3 Å². The van der Waals surface area contributed by atoms with Crippen molar-refractivity contribution in [2.24, 2.45) is 0 Å². The number of aliphatic hydroxyl groups is 3. The van der Waals surface area contributed by atoms with Crippen LogP contribution in [0.5, 0.6) is 0 Å². The first-order valence-electron chi connectivity index (χ1n) is 7.77. The Hall–Kier alpha value is -2.14. The normalized spacial score (nSPS) is 14.4. The highest BCUT2D eigenvalue weighted by molar-refractivity contribution is 5.45. The number of methoxy groups -OCH3 is 1. The molecule has 0 fully saturated rings. The molecule has 0 aliphatic heterocycles. The van der Waals surface area contributed by atoms with E-state index in [9.17, 15) is 31.4 Å². The van der Waals surface area contributed by atoms with Gasteiger partial charge in [0.1, 0.15) is 0 Å². The summed E-state index contributed by atoms with van der Waals surface area (Å²) in [4.78, 5) is 0. The molecule has 0 saturated heterocycles. The van der Waals surface area contributed by atoms with Gasteiger partial charge in [-0.05, 0) is 11.1 Å². The van der Waals surface area contributed by atoms with E-state index >= 15 is 0 Å². The van der Waals surface area contributed by atoms with E-state index in [1.807, 2.05) is 0 Å².